The zero-order chi connectivity index (χ0) is 19.6. The van der Waals surface area contributed by atoms with Gasteiger partial charge < -0.3 is 10.1 Å². The van der Waals surface area contributed by atoms with Gasteiger partial charge in [0.2, 0.25) is 0 Å². The molecule has 2 aromatic carbocycles. The lowest BCUT2D eigenvalue weighted by Crippen LogP contribution is -2.30. The van der Waals surface area contributed by atoms with E-state index in [4.69, 9.17) is 27.9 Å². The van der Waals surface area contributed by atoms with Crippen molar-refractivity contribution < 1.29 is 14.3 Å². The molecule has 1 heterocycles. The third-order valence-corrected chi connectivity index (χ3v) is 4.27. The number of nitrogens with zero attached hydrogens (tertiary/aromatic N) is 3. The molecule has 0 saturated heterocycles. The normalized spacial score (nSPS) is 12.0. The Morgan fingerprint density at radius 1 is 1.19 bits per heavy atom. The number of aromatic nitrogens is 3. The molecule has 1 aromatic heterocycles. The first-order chi connectivity index (χ1) is 12.9. The molecule has 140 valence electrons. The van der Waals surface area contributed by atoms with Gasteiger partial charge in [0.1, 0.15) is 5.52 Å². The minimum Gasteiger partial charge on any atom is -0.449 e. The smallest absolute Gasteiger partial charge is 0.338 e. The van der Waals surface area contributed by atoms with E-state index < -0.39 is 18.0 Å². The molecule has 0 spiro atoms. The summed E-state index contributed by atoms with van der Waals surface area (Å²) in [5.74, 6) is -1.13. The summed E-state index contributed by atoms with van der Waals surface area (Å²) in [4.78, 5) is 24.6. The van der Waals surface area contributed by atoms with Crippen LogP contribution in [0.25, 0.3) is 11.0 Å². The quantitative estimate of drug-likeness (QED) is 0.648. The minimum atomic E-state index is -1.02. The summed E-state index contributed by atoms with van der Waals surface area (Å²) in [5.41, 5.74) is 2.10. The summed E-state index contributed by atoms with van der Waals surface area (Å²) in [5, 5.41) is 11.4. The predicted molar refractivity (Wildman–Crippen MR) is 103 cm³/mol. The molecule has 1 amide bonds. The molecule has 0 bridgehead atoms. The van der Waals surface area contributed by atoms with Crippen molar-refractivity contribution in [2.24, 2.45) is 0 Å². The predicted octanol–water partition coefficient (Wildman–Crippen LogP) is 3.94. The molecule has 7 nitrogen and oxygen atoms in total. The summed E-state index contributed by atoms with van der Waals surface area (Å²) < 4.78 is 6.96. The van der Waals surface area contributed by atoms with Gasteiger partial charge in [-0.2, -0.15) is 0 Å². The van der Waals surface area contributed by atoms with Gasteiger partial charge in [-0.05, 0) is 50.2 Å². The van der Waals surface area contributed by atoms with Gasteiger partial charge in [0.05, 0.1) is 11.1 Å². The average molecular weight is 407 g/mol. The van der Waals surface area contributed by atoms with Crippen LogP contribution < -0.4 is 5.32 Å². The van der Waals surface area contributed by atoms with E-state index >= 15 is 0 Å². The van der Waals surface area contributed by atoms with Crippen LogP contribution in [0.2, 0.25) is 10.0 Å². The number of carbonyl (C=O) groups is 2. The highest BCUT2D eigenvalue weighted by atomic mass is 35.5. The second-order valence-electron chi connectivity index (χ2n) is 5.80. The summed E-state index contributed by atoms with van der Waals surface area (Å²) >= 11 is 11.8. The lowest BCUT2D eigenvalue weighted by molar-refractivity contribution is -0.123. The molecule has 0 aliphatic rings. The van der Waals surface area contributed by atoms with Crippen molar-refractivity contribution >= 4 is 51.8 Å². The molecule has 0 aliphatic heterocycles. The molecule has 9 heteroatoms. The van der Waals surface area contributed by atoms with Crippen molar-refractivity contribution in [3.63, 3.8) is 0 Å². The maximum Gasteiger partial charge on any atom is 0.338 e. The molecular formula is C18H16Cl2N4O3. The number of hydrogen-bond acceptors (Lipinski definition) is 5. The van der Waals surface area contributed by atoms with Crippen molar-refractivity contribution in [3.8, 4) is 0 Å². The van der Waals surface area contributed by atoms with Crippen molar-refractivity contribution in [2.45, 2.75) is 26.5 Å². The van der Waals surface area contributed by atoms with E-state index in [2.05, 4.69) is 15.6 Å². The van der Waals surface area contributed by atoms with Crippen LogP contribution in [0.5, 0.6) is 0 Å². The third-order valence-electron chi connectivity index (χ3n) is 3.83. The van der Waals surface area contributed by atoms with E-state index in [0.717, 1.165) is 5.52 Å². The topological polar surface area (TPSA) is 86.1 Å². The van der Waals surface area contributed by atoms with Crippen LogP contribution in [0.1, 0.15) is 24.2 Å². The maximum atomic E-state index is 12.3. The summed E-state index contributed by atoms with van der Waals surface area (Å²) in [7, 11) is 0. The van der Waals surface area contributed by atoms with Crippen molar-refractivity contribution in [1.29, 1.82) is 0 Å². The molecule has 0 aliphatic carbocycles. The van der Waals surface area contributed by atoms with Crippen LogP contribution in [0, 0.1) is 0 Å². The summed E-state index contributed by atoms with van der Waals surface area (Å²) in [6.45, 7) is 4.10. The van der Waals surface area contributed by atoms with Crippen molar-refractivity contribution in [3.05, 3.63) is 52.0 Å². The number of esters is 1. The number of aryl methyl sites for hydroxylation is 1. The molecule has 27 heavy (non-hydrogen) atoms. The Balaban J connectivity index is 1.68. The fraction of sp³-hybridized carbons (Fsp3) is 0.222. The second-order valence-corrected chi connectivity index (χ2v) is 6.68. The van der Waals surface area contributed by atoms with Crippen LogP contribution in [0.15, 0.2) is 36.4 Å². The number of fused-ring (bicyclic) bond motifs is 1. The Morgan fingerprint density at radius 2 is 1.89 bits per heavy atom. The van der Waals surface area contributed by atoms with Crippen LogP contribution in [-0.4, -0.2) is 33.0 Å². The van der Waals surface area contributed by atoms with Gasteiger partial charge in [-0.25, -0.2) is 9.48 Å². The van der Waals surface area contributed by atoms with E-state index in [1.165, 1.54) is 6.92 Å². The first-order valence-corrected chi connectivity index (χ1v) is 8.94. The van der Waals surface area contributed by atoms with Crippen LogP contribution in [0.3, 0.4) is 0 Å². The number of anilines is 1. The van der Waals surface area contributed by atoms with E-state index in [9.17, 15) is 9.59 Å². The van der Waals surface area contributed by atoms with Crippen molar-refractivity contribution in [2.75, 3.05) is 5.32 Å². The number of carbonyl (C=O) groups excluding carboxylic acids is 2. The van der Waals surface area contributed by atoms with Crippen LogP contribution >= 0.6 is 23.2 Å². The number of benzene rings is 2. The molecule has 1 atom stereocenters. The Hall–Kier alpha value is -2.64. The van der Waals surface area contributed by atoms with E-state index in [1.807, 2.05) is 6.92 Å². The molecule has 0 saturated carbocycles. The highest BCUT2D eigenvalue weighted by Gasteiger charge is 2.20. The number of nitrogens with one attached hydrogen (secondary N) is 1. The number of ether oxygens (including phenoxy) is 1. The first-order valence-electron chi connectivity index (χ1n) is 8.18. The molecular weight excluding hydrogens is 391 g/mol. The van der Waals surface area contributed by atoms with Gasteiger partial charge in [-0.1, -0.05) is 28.4 Å². The highest BCUT2D eigenvalue weighted by Crippen LogP contribution is 2.23. The van der Waals surface area contributed by atoms with Gasteiger partial charge in [-0.3, -0.25) is 4.79 Å². The zero-order valence-corrected chi connectivity index (χ0v) is 16.1. The van der Waals surface area contributed by atoms with E-state index in [-0.39, 0.29) is 5.56 Å². The second kappa shape index (κ2) is 7.94. The van der Waals surface area contributed by atoms with Gasteiger partial charge in [-0.15, -0.1) is 5.10 Å². The fourth-order valence-electron chi connectivity index (χ4n) is 2.48. The summed E-state index contributed by atoms with van der Waals surface area (Å²) in [6, 6.07) is 9.58. The molecule has 3 aromatic rings. The number of amides is 1. The lowest BCUT2D eigenvalue weighted by atomic mass is 10.2. The van der Waals surface area contributed by atoms with Gasteiger partial charge in [0, 0.05) is 22.3 Å². The van der Waals surface area contributed by atoms with Gasteiger partial charge >= 0.3 is 5.97 Å². The molecule has 1 N–H and O–H groups in total. The Kier molecular flexibility index (Phi) is 5.62. The summed E-state index contributed by atoms with van der Waals surface area (Å²) in [6.07, 6.45) is -1.02. The molecule has 3 rings (SSSR count). The molecule has 0 unspecified atom stereocenters. The monoisotopic (exact) mass is 406 g/mol. The Labute approximate surface area is 165 Å². The number of hydrogen-bond donors (Lipinski definition) is 1. The lowest BCUT2D eigenvalue weighted by Gasteiger charge is -2.14. The number of halogens is 2. The average Bonchev–Trinajstić information content (AvgIpc) is 3.02. The largest absolute Gasteiger partial charge is 0.449 e. The fourth-order valence-corrected chi connectivity index (χ4v) is 3.01. The maximum absolute atomic E-state index is 12.3. The first kappa shape index (κ1) is 19.1. The van der Waals surface area contributed by atoms with Crippen LogP contribution in [0.4, 0.5) is 5.69 Å². The standard InChI is InChI=1S/C18H16Cl2N4O3/c1-3-24-16-5-4-11(6-15(16)22-23-24)18(26)27-10(2)17(25)21-14-8-12(19)7-13(20)9-14/h4-10H,3H2,1-2H3,(H,21,25)/t10-/m0/s1. The zero-order valence-electron chi connectivity index (χ0n) is 14.6. The number of rotatable bonds is 5. The third kappa shape index (κ3) is 4.37. The Bertz CT molecular complexity index is 999. The van der Waals surface area contributed by atoms with Crippen LogP contribution in [-0.2, 0) is 16.1 Å². The van der Waals surface area contributed by atoms with Gasteiger partial charge in [0.15, 0.2) is 6.10 Å². The SMILES string of the molecule is CCn1nnc2cc(C(=O)O[C@@H](C)C(=O)Nc3cc(Cl)cc(Cl)c3)ccc21. The molecule has 0 radical (unpaired) electrons. The van der Waals surface area contributed by atoms with Crippen molar-refractivity contribution in [1.82, 2.24) is 15.0 Å². The van der Waals surface area contributed by atoms with E-state index in [1.54, 1.807) is 41.1 Å². The van der Waals surface area contributed by atoms with E-state index in [0.29, 0.717) is 27.8 Å². The highest BCUT2D eigenvalue weighted by molar-refractivity contribution is 6.35. The minimum absolute atomic E-state index is 0.288. The Morgan fingerprint density at radius 3 is 2.56 bits per heavy atom. The molecule has 0 fully saturated rings. The van der Waals surface area contributed by atoms with Gasteiger partial charge in [0.25, 0.3) is 5.91 Å².